The molecule has 0 aliphatic heterocycles. The Balaban J connectivity index is 0.00000116. The Morgan fingerprint density at radius 1 is 0.909 bits per heavy atom. The highest BCUT2D eigenvalue weighted by atomic mass is 19.1. The number of nitrogens with zero attached hydrogens (tertiary/aromatic N) is 1. The zero-order valence-corrected chi connectivity index (χ0v) is 13.4. The van der Waals surface area contributed by atoms with Gasteiger partial charge in [0.1, 0.15) is 29.0 Å². The Hall–Kier alpha value is -2.04. The van der Waals surface area contributed by atoms with Gasteiger partial charge in [-0.3, -0.25) is 4.98 Å². The highest BCUT2D eigenvalue weighted by Gasteiger charge is 2.25. The van der Waals surface area contributed by atoms with Gasteiger partial charge in [-0.1, -0.05) is 34.6 Å². The molecule has 0 unspecified atom stereocenters. The Labute approximate surface area is 129 Å². The molecule has 2 nitrogen and oxygen atoms in total. The first kappa shape index (κ1) is 18.0. The van der Waals surface area contributed by atoms with E-state index in [0.29, 0.717) is 0 Å². The SMILES string of the molecule is CC.CC(C)(C)c1c(F)cc(F)cc1Oc1cncc(F)c1. The number of pyridine rings is 1. The summed E-state index contributed by atoms with van der Waals surface area (Å²) in [4.78, 5) is 3.63. The van der Waals surface area contributed by atoms with Crippen molar-refractivity contribution in [2.75, 3.05) is 0 Å². The Bertz CT molecular complexity index is 636. The molecule has 22 heavy (non-hydrogen) atoms. The van der Waals surface area contributed by atoms with Gasteiger partial charge in [-0.25, -0.2) is 13.2 Å². The molecule has 0 amide bonds. The molecule has 1 heterocycles. The minimum absolute atomic E-state index is 0.0161. The van der Waals surface area contributed by atoms with Gasteiger partial charge in [0.2, 0.25) is 0 Å². The predicted octanol–water partition coefficient (Wildman–Crippen LogP) is 5.61. The van der Waals surface area contributed by atoms with Crippen molar-refractivity contribution >= 4 is 0 Å². The van der Waals surface area contributed by atoms with Crippen molar-refractivity contribution in [3.8, 4) is 11.5 Å². The summed E-state index contributed by atoms with van der Waals surface area (Å²) in [5.41, 5.74) is -0.364. The summed E-state index contributed by atoms with van der Waals surface area (Å²) in [5, 5.41) is 0. The molecule has 1 aromatic heterocycles. The Kier molecular flexibility index (Phi) is 5.97. The predicted molar refractivity (Wildman–Crippen MR) is 80.7 cm³/mol. The second-order valence-electron chi connectivity index (χ2n) is 5.45. The number of benzene rings is 1. The molecule has 2 rings (SSSR count). The quantitative estimate of drug-likeness (QED) is 0.718. The first-order valence-corrected chi connectivity index (χ1v) is 7.05. The maximum absolute atomic E-state index is 14.0. The van der Waals surface area contributed by atoms with E-state index in [4.69, 9.17) is 4.74 Å². The summed E-state index contributed by atoms with van der Waals surface area (Å²) >= 11 is 0. The van der Waals surface area contributed by atoms with Gasteiger partial charge < -0.3 is 4.74 Å². The highest BCUT2D eigenvalue weighted by Crippen LogP contribution is 2.36. The molecule has 0 spiro atoms. The van der Waals surface area contributed by atoms with Gasteiger partial charge in [0.15, 0.2) is 0 Å². The average Bonchev–Trinajstić information content (AvgIpc) is 2.38. The summed E-state index contributed by atoms with van der Waals surface area (Å²) < 4.78 is 45.8. The van der Waals surface area contributed by atoms with Crippen molar-refractivity contribution in [3.63, 3.8) is 0 Å². The lowest BCUT2D eigenvalue weighted by atomic mass is 9.86. The average molecular weight is 311 g/mol. The molecule has 2 aromatic rings. The maximum atomic E-state index is 14.0. The van der Waals surface area contributed by atoms with Crippen LogP contribution in [0.2, 0.25) is 0 Å². The monoisotopic (exact) mass is 311 g/mol. The van der Waals surface area contributed by atoms with Gasteiger partial charge in [0.05, 0.1) is 12.4 Å². The molecule has 0 atom stereocenters. The molecule has 0 aliphatic rings. The van der Waals surface area contributed by atoms with Crippen molar-refractivity contribution in [1.29, 1.82) is 0 Å². The van der Waals surface area contributed by atoms with E-state index in [9.17, 15) is 13.2 Å². The molecule has 0 N–H and O–H groups in total. The van der Waals surface area contributed by atoms with Crippen LogP contribution in [0.15, 0.2) is 30.6 Å². The van der Waals surface area contributed by atoms with Gasteiger partial charge in [-0.15, -0.1) is 0 Å². The molecule has 0 bridgehead atoms. The summed E-state index contributed by atoms with van der Waals surface area (Å²) in [5.74, 6) is -1.94. The van der Waals surface area contributed by atoms with Crippen molar-refractivity contribution in [1.82, 2.24) is 4.98 Å². The summed E-state index contributed by atoms with van der Waals surface area (Å²) in [7, 11) is 0. The molecule has 0 saturated heterocycles. The number of hydrogen-bond donors (Lipinski definition) is 0. The van der Waals surface area contributed by atoms with Crippen LogP contribution in [0, 0.1) is 17.5 Å². The van der Waals surface area contributed by atoms with Gasteiger partial charge in [-0.2, -0.15) is 0 Å². The van der Waals surface area contributed by atoms with Crippen LogP contribution in [-0.4, -0.2) is 4.98 Å². The van der Waals surface area contributed by atoms with Gasteiger partial charge in [-0.05, 0) is 5.41 Å². The number of halogens is 3. The van der Waals surface area contributed by atoms with E-state index in [-0.39, 0.29) is 17.1 Å². The van der Waals surface area contributed by atoms with E-state index >= 15 is 0 Å². The fraction of sp³-hybridized carbons (Fsp3) is 0.353. The molecule has 0 aliphatic carbocycles. The van der Waals surface area contributed by atoms with Crippen LogP contribution in [0.4, 0.5) is 13.2 Å². The van der Waals surface area contributed by atoms with E-state index in [1.54, 1.807) is 20.8 Å². The number of hydrogen-bond acceptors (Lipinski definition) is 2. The van der Waals surface area contributed by atoms with Crippen molar-refractivity contribution in [3.05, 3.63) is 53.6 Å². The van der Waals surface area contributed by atoms with Crippen LogP contribution in [0.25, 0.3) is 0 Å². The second-order valence-corrected chi connectivity index (χ2v) is 5.45. The van der Waals surface area contributed by atoms with E-state index < -0.39 is 22.9 Å². The molecular weight excluding hydrogens is 291 g/mol. The van der Waals surface area contributed by atoms with Crippen LogP contribution in [0.3, 0.4) is 0 Å². The van der Waals surface area contributed by atoms with Gasteiger partial charge in [0, 0.05) is 23.8 Å². The minimum atomic E-state index is -0.755. The maximum Gasteiger partial charge on any atom is 0.148 e. The first-order chi connectivity index (χ1) is 10.3. The third-order valence-electron chi connectivity index (χ3n) is 2.68. The lowest BCUT2D eigenvalue weighted by Gasteiger charge is -2.23. The second kappa shape index (κ2) is 7.29. The van der Waals surface area contributed by atoms with Crippen LogP contribution < -0.4 is 4.74 Å². The van der Waals surface area contributed by atoms with E-state index in [2.05, 4.69) is 4.98 Å². The normalized spacial score (nSPS) is 10.7. The Morgan fingerprint density at radius 3 is 2.09 bits per heavy atom. The van der Waals surface area contributed by atoms with Crippen molar-refractivity contribution in [2.24, 2.45) is 0 Å². The van der Waals surface area contributed by atoms with Crippen LogP contribution >= 0.6 is 0 Å². The highest BCUT2D eigenvalue weighted by molar-refractivity contribution is 5.42. The van der Waals surface area contributed by atoms with Crippen LogP contribution in [0.5, 0.6) is 11.5 Å². The van der Waals surface area contributed by atoms with E-state index in [1.165, 1.54) is 6.20 Å². The van der Waals surface area contributed by atoms with Crippen molar-refractivity contribution in [2.45, 2.75) is 40.0 Å². The lowest BCUT2D eigenvalue weighted by Crippen LogP contribution is -2.15. The van der Waals surface area contributed by atoms with Gasteiger partial charge >= 0.3 is 0 Å². The summed E-state index contributed by atoms with van der Waals surface area (Å²) in [6.07, 6.45) is 2.29. The number of ether oxygens (including phenoxy) is 1. The molecule has 120 valence electrons. The fourth-order valence-corrected chi connectivity index (χ4v) is 1.93. The topological polar surface area (TPSA) is 22.1 Å². The van der Waals surface area contributed by atoms with E-state index in [1.807, 2.05) is 13.8 Å². The minimum Gasteiger partial charge on any atom is -0.455 e. The zero-order chi connectivity index (χ0) is 16.9. The lowest BCUT2D eigenvalue weighted by molar-refractivity contribution is 0.425. The Morgan fingerprint density at radius 2 is 1.55 bits per heavy atom. The smallest absolute Gasteiger partial charge is 0.148 e. The standard InChI is InChI=1S/C15H14F3NO.C2H6/c1-15(2,3)14-12(18)5-9(16)6-13(14)20-11-4-10(17)7-19-8-11;1-2/h4-8H,1-3H3;1-2H3. The van der Waals surface area contributed by atoms with Crippen LogP contribution in [0.1, 0.15) is 40.2 Å². The largest absolute Gasteiger partial charge is 0.455 e. The molecule has 0 fully saturated rings. The van der Waals surface area contributed by atoms with Crippen molar-refractivity contribution < 1.29 is 17.9 Å². The third kappa shape index (κ3) is 4.48. The molecule has 0 saturated carbocycles. The number of aromatic nitrogens is 1. The van der Waals surface area contributed by atoms with Gasteiger partial charge in [0.25, 0.3) is 0 Å². The summed E-state index contributed by atoms with van der Waals surface area (Å²) in [6, 6.07) is 2.98. The fourth-order valence-electron chi connectivity index (χ4n) is 1.93. The zero-order valence-electron chi connectivity index (χ0n) is 13.4. The third-order valence-corrected chi connectivity index (χ3v) is 2.68. The number of rotatable bonds is 2. The van der Waals surface area contributed by atoms with Crippen LogP contribution in [-0.2, 0) is 5.41 Å². The molecule has 1 aromatic carbocycles. The molecule has 5 heteroatoms. The van der Waals surface area contributed by atoms with E-state index in [0.717, 1.165) is 24.4 Å². The molecular formula is C17H20F3NO. The molecule has 0 radical (unpaired) electrons. The summed E-state index contributed by atoms with van der Waals surface area (Å²) in [6.45, 7) is 9.33. The first-order valence-electron chi connectivity index (χ1n) is 7.05.